The van der Waals surface area contributed by atoms with Crippen molar-refractivity contribution in [2.75, 3.05) is 18.0 Å². The summed E-state index contributed by atoms with van der Waals surface area (Å²) in [6.45, 7) is 2.64. The fraction of sp³-hybridized carbons (Fsp3) is 0.467. The maximum Gasteiger partial charge on any atom is 0.293 e. The molecule has 1 atom stereocenters. The molecule has 3 heterocycles. The molecule has 0 aromatic carbocycles. The molecular weight excluding hydrogens is 284 g/mol. The standard InChI is InChI=1S/C15H20N4OS/c1-18-7-5-16-14(15(18)20)19-6-2-3-13(10-19)17-9-12-4-8-21-11-12/h4-5,7-8,11,13,17H,2-3,6,9-10H2,1H3/t13-/m0/s1. The van der Waals surface area contributed by atoms with E-state index in [9.17, 15) is 4.79 Å². The van der Waals surface area contributed by atoms with Crippen LogP contribution in [0.25, 0.3) is 0 Å². The molecule has 1 fully saturated rings. The minimum absolute atomic E-state index is 0.0176. The second-order valence-electron chi connectivity index (χ2n) is 5.46. The third-order valence-electron chi connectivity index (χ3n) is 3.89. The lowest BCUT2D eigenvalue weighted by Gasteiger charge is -2.33. The van der Waals surface area contributed by atoms with E-state index in [1.807, 2.05) is 0 Å². The maximum absolute atomic E-state index is 12.2. The van der Waals surface area contributed by atoms with Gasteiger partial charge in [-0.1, -0.05) is 0 Å². The molecule has 0 unspecified atom stereocenters. The average molecular weight is 304 g/mol. The van der Waals surface area contributed by atoms with Crippen molar-refractivity contribution in [3.05, 3.63) is 45.1 Å². The minimum atomic E-state index is -0.0176. The van der Waals surface area contributed by atoms with E-state index >= 15 is 0 Å². The van der Waals surface area contributed by atoms with Gasteiger partial charge >= 0.3 is 0 Å². The summed E-state index contributed by atoms with van der Waals surface area (Å²) in [4.78, 5) is 18.5. The summed E-state index contributed by atoms with van der Waals surface area (Å²) in [5, 5.41) is 7.85. The Kier molecular flexibility index (Phi) is 4.36. The van der Waals surface area contributed by atoms with Crippen LogP contribution >= 0.6 is 11.3 Å². The van der Waals surface area contributed by atoms with Crippen molar-refractivity contribution in [3.63, 3.8) is 0 Å². The fourth-order valence-electron chi connectivity index (χ4n) is 2.69. The molecule has 0 amide bonds. The quantitative estimate of drug-likeness (QED) is 0.932. The van der Waals surface area contributed by atoms with Gasteiger partial charge in [-0.05, 0) is 35.2 Å². The molecule has 0 saturated carbocycles. The Hall–Kier alpha value is -1.66. The number of nitrogens with zero attached hydrogens (tertiary/aromatic N) is 3. The Morgan fingerprint density at radius 1 is 1.52 bits per heavy atom. The van der Waals surface area contributed by atoms with Crippen LogP contribution in [-0.4, -0.2) is 28.7 Å². The van der Waals surface area contributed by atoms with Gasteiger partial charge in [0.25, 0.3) is 5.56 Å². The van der Waals surface area contributed by atoms with Crippen LogP contribution < -0.4 is 15.8 Å². The number of thiophene rings is 1. The van der Waals surface area contributed by atoms with Crippen molar-refractivity contribution >= 4 is 17.2 Å². The van der Waals surface area contributed by atoms with Gasteiger partial charge in [0.1, 0.15) is 0 Å². The maximum atomic E-state index is 12.2. The van der Waals surface area contributed by atoms with E-state index in [0.29, 0.717) is 11.9 Å². The van der Waals surface area contributed by atoms with Gasteiger partial charge in [-0.3, -0.25) is 4.79 Å². The molecule has 0 radical (unpaired) electrons. The zero-order valence-corrected chi connectivity index (χ0v) is 13.0. The Balaban J connectivity index is 1.65. The van der Waals surface area contributed by atoms with Crippen LogP contribution in [0.3, 0.4) is 0 Å². The lowest BCUT2D eigenvalue weighted by atomic mass is 10.1. The van der Waals surface area contributed by atoms with Gasteiger partial charge in [-0.2, -0.15) is 11.3 Å². The summed E-state index contributed by atoms with van der Waals surface area (Å²) in [6.07, 6.45) is 5.62. The van der Waals surface area contributed by atoms with Crippen LogP contribution in [-0.2, 0) is 13.6 Å². The Labute approximate surface area is 128 Å². The summed E-state index contributed by atoms with van der Waals surface area (Å²) in [5.41, 5.74) is 1.31. The van der Waals surface area contributed by atoms with Crippen molar-refractivity contribution in [2.45, 2.75) is 25.4 Å². The van der Waals surface area contributed by atoms with Crippen molar-refractivity contribution in [1.82, 2.24) is 14.9 Å². The molecule has 0 bridgehead atoms. The number of nitrogens with one attached hydrogen (secondary N) is 1. The first-order valence-corrected chi connectivity index (χ1v) is 8.19. The molecule has 1 N–H and O–H groups in total. The number of anilines is 1. The molecule has 3 rings (SSSR count). The molecule has 1 aliphatic rings. The number of hydrogen-bond acceptors (Lipinski definition) is 5. The fourth-order valence-corrected chi connectivity index (χ4v) is 3.36. The summed E-state index contributed by atoms with van der Waals surface area (Å²) in [7, 11) is 1.77. The minimum Gasteiger partial charge on any atom is -0.350 e. The third-order valence-corrected chi connectivity index (χ3v) is 4.63. The molecular formula is C15H20N4OS. The van der Waals surface area contributed by atoms with Gasteiger partial charge in [0.15, 0.2) is 5.82 Å². The third kappa shape index (κ3) is 3.33. The summed E-state index contributed by atoms with van der Waals surface area (Å²) in [5.74, 6) is 0.571. The highest BCUT2D eigenvalue weighted by molar-refractivity contribution is 7.07. The summed E-state index contributed by atoms with van der Waals surface area (Å²) < 4.78 is 1.59. The number of piperidine rings is 1. The molecule has 1 saturated heterocycles. The topological polar surface area (TPSA) is 50.2 Å². The Bertz CT molecular complexity index is 637. The van der Waals surface area contributed by atoms with E-state index in [1.54, 1.807) is 35.3 Å². The monoisotopic (exact) mass is 304 g/mol. The highest BCUT2D eigenvalue weighted by Gasteiger charge is 2.22. The molecule has 0 spiro atoms. The predicted octanol–water partition coefficient (Wildman–Crippen LogP) is 1.60. The van der Waals surface area contributed by atoms with Crippen molar-refractivity contribution in [2.24, 2.45) is 7.05 Å². The molecule has 112 valence electrons. The first kappa shape index (κ1) is 14.3. The predicted molar refractivity (Wildman–Crippen MR) is 85.9 cm³/mol. The molecule has 6 heteroatoms. The Morgan fingerprint density at radius 3 is 3.24 bits per heavy atom. The van der Waals surface area contributed by atoms with E-state index in [4.69, 9.17) is 0 Å². The van der Waals surface area contributed by atoms with Gasteiger partial charge in [-0.15, -0.1) is 0 Å². The van der Waals surface area contributed by atoms with E-state index < -0.39 is 0 Å². The van der Waals surface area contributed by atoms with Crippen LogP contribution in [0.1, 0.15) is 18.4 Å². The average Bonchev–Trinajstić information content (AvgIpc) is 3.02. The molecule has 2 aromatic heterocycles. The van der Waals surface area contributed by atoms with Gasteiger partial charge in [0.2, 0.25) is 0 Å². The lowest BCUT2D eigenvalue weighted by molar-refractivity contribution is 0.419. The lowest BCUT2D eigenvalue weighted by Crippen LogP contribution is -2.47. The smallest absolute Gasteiger partial charge is 0.293 e. The SMILES string of the molecule is Cn1ccnc(N2CCC[C@H](NCc3ccsc3)C2)c1=O. The highest BCUT2D eigenvalue weighted by atomic mass is 32.1. The van der Waals surface area contributed by atoms with E-state index in [0.717, 1.165) is 32.5 Å². The zero-order chi connectivity index (χ0) is 14.7. The molecule has 21 heavy (non-hydrogen) atoms. The molecule has 0 aliphatic carbocycles. The van der Waals surface area contributed by atoms with Gasteiger partial charge in [0.05, 0.1) is 0 Å². The number of hydrogen-bond donors (Lipinski definition) is 1. The van der Waals surface area contributed by atoms with Gasteiger partial charge in [0, 0.05) is 45.1 Å². The first-order chi connectivity index (χ1) is 10.2. The number of rotatable bonds is 4. The second kappa shape index (κ2) is 6.41. The summed E-state index contributed by atoms with van der Waals surface area (Å²) in [6, 6.07) is 2.55. The van der Waals surface area contributed by atoms with Crippen LogP contribution in [0, 0.1) is 0 Å². The first-order valence-electron chi connectivity index (χ1n) is 7.25. The largest absolute Gasteiger partial charge is 0.350 e. The van der Waals surface area contributed by atoms with E-state index in [1.165, 1.54) is 5.56 Å². The van der Waals surface area contributed by atoms with Crippen molar-refractivity contribution < 1.29 is 0 Å². The van der Waals surface area contributed by atoms with Crippen molar-refractivity contribution in [3.8, 4) is 0 Å². The van der Waals surface area contributed by atoms with Crippen LogP contribution in [0.5, 0.6) is 0 Å². The van der Waals surface area contributed by atoms with Crippen LogP contribution in [0.2, 0.25) is 0 Å². The number of aryl methyl sites for hydroxylation is 1. The van der Waals surface area contributed by atoms with E-state index in [-0.39, 0.29) is 5.56 Å². The van der Waals surface area contributed by atoms with Gasteiger partial charge < -0.3 is 14.8 Å². The van der Waals surface area contributed by atoms with Crippen molar-refractivity contribution in [1.29, 1.82) is 0 Å². The highest BCUT2D eigenvalue weighted by Crippen LogP contribution is 2.15. The van der Waals surface area contributed by atoms with Gasteiger partial charge in [-0.25, -0.2) is 4.98 Å². The molecule has 5 nitrogen and oxygen atoms in total. The normalized spacial score (nSPS) is 18.9. The number of aromatic nitrogens is 2. The molecule has 2 aromatic rings. The van der Waals surface area contributed by atoms with Crippen LogP contribution in [0.15, 0.2) is 34.0 Å². The zero-order valence-electron chi connectivity index (χ0n) is 12.2. The van der Waals surface area contributed by atoms with Crippen LogP contribution in [0.4, 0.5) is 5.82 Å². The summed E-state index contributed by atoms with van der Waals surface area (Å²) >= 11 is 1.72. The van der Waals surface area contributed by atoms with E-state index in [2.05, 4.69) is 32.0 Å². The molecule has 1 aliphatic heterocycles. The Morgan fingerprint density at radius 2 is 2.43 bits per heavy atom. The second-order valence-corrected chi connectivity index (χ2v) is 6.24.